The number of benzene rings is 1. The molecule has 1 heterocycles. The van der Waals surface area contributed by atoms with Crippen LogP contribution >= 0.6 is 11.3 Å². The van der Waals surface area contributed by atoms with Gasteiger partial charge in [0, 0.05) is 22.7 Å². The molecule has 0 unspecified atom stereocenters. The summed E-state index contributed by atoms with van der Waals surface area (Å²) in [5.74, 6) is 0. The van der Waals surface area contributed by atoms with E-state index in [0.29, 0.717) is 21.7 Å². The Kier molecular flexibility index (Phi) is 3.91. The van der Waals surface area contributed by atoms with Crippen LogP contribution in [0.2, 0.25) is 0 Å². The molecule has 100 valence electrons. The lowest BCUT2D eigenvalue weighted by molar-refractivity contribution is -0.385. The Bertz CT molecular complexity index is 741. The van der Waals surface area contributed by atoms with Crippen LogP contribution in [0.15, 0.2) is 23.6 Å². The van der Waals surface area contributed by atoms with Gasteiger partial charge in [-0.1, -0.05) is 12.1 Å². The van der Waals surface area contributed by atoms with Crippen molar-refractivity contribution in [2.75, 3.05) is 0 Å². The topological polar surface area (TPSA) is 79.8 Å². The van der Waals surface area contributed by atoms with Crippen molar-refractivity contribution in [1.82, 2.24) is 4.98 Å². The molecular weight excluding hydrogens is 274 g/mol. The van der Waals surface area contributed by atoms with Crippen LogP contribution in [0, 0.1) is 35.3 Å². The highest BCUT2D eigenvalue weighted by Gasteiger charge is 2.11. The number of nitro benzene ring substituents is 1. The Morgan fingerprint density at radius 3 is 2.80 bits per heavy atom. The lowest BCUT2D eigenvalue weighted by atomic mass is 10.1. The van der Waals surface area contributed by atoms with Gasteiger partial charge < -0.3 is 0 Å². The van der Waals surface area contributed by atoms with Crippen molar-refractivity contribution in [2.24, 2.45) is 0 Å². The summed E-state index contributed by atoms with van der Waals surface area (Å²) in [7, 11) is 0. The summed E-state index contributed by atoms with van der Waals surface area (Å²) in [6, 6.07) is 6.97. The molecule has 0 aliphatic rings. The van der Waals surface area contributed by atoms with Crippen molar-refractivity contribution in [3.05, 3.63) is 55.5 Å². The number of aryl methyl sites for hydroxylation is 2. The molecule has 0 fully saturated rings. The second-order valence-corrected chi connectivity index (χ2v) is 5.12. The summed E-state index contributed by atoms with van der Waals surface area (Å²) in [6.45, 7) is 3.53. The van der Waals surface area contributed by atoms with Crippen LogP contribution in [-0.4, -0.2) is 9.91 Å². The van der Waals surface area contributed by atoms with Crippen LogP contribution in [-0.2, 0) is 0 Å². The standard InChI is InChI=1S/C14H11N3O2S/c1-9-3-4-11(6-13(9)17(18)19)5-12(7-15)14-16-10(2)8-20-14/h3-6,8H,1-2H3/b12-5+. The Morgan fingerprint density at radius 2 is 2.25 bits per heavy atom. The number of nitro groups is 1. The summed E-state index contributed by atoms with van der Waals surface area (Å²) < 4.78 is 0. The summed E-state index contributed by atoms with van der Waals surface area (Å²) in [5.41, 5.74) is 2.51. The van der Waals surface area contributed by atoms with Crippen LogP contribution in [0.4, 0.5) is 5.69 Å². The van der Waals surface area contributed by atoms with E-state index in [2.05, 4.69) is 11.1 Å². The molecule has 6 heteroatoms. The zero-order valence-corrected chi connectivity index (χ0v) is 11.8. The van der Waals surface area contributed by atoms with E-state index in [9.17, 15) is 15.4 Å². The van der Waals surface area contributed by atoms with Crippen molar-refractivity contribution < 1.29 is 4.92 Å². The molecule has 0 spiro atoms. The quantitative estimate of drug-likeness (QED) is 0.489. The number of nitrogens with zero attached hydrogens (tertiary/aromatic N) is 3. The highest BCUT2D eigenvalue weighted by molar-refractivity contribution is 7.11. The lowest BCUT2D eigenvalue weighted by Crippen LogP contribution is -1.92. The van der Waals surface area contributed by atoms with E-state index < -0.39 is 4.92 Å². The molecule has 0 aliphatic carbocycles. The molecule has 1 aromatic carbocycles. The van der Waals surface area contributed by atoms with Crippen molar-refractivity contribution in [1.29, 1.82) is 5.26 Å². The van der Waals surface area contributed by atoms with E-state index in [4.69, 9.17) is 0 Å². The minimum atomic E-state index is -0.424. The van der Waals surface area contributed by atoms with E-state index in [0.717, 1.165) is 5.69 Å². The summed E-state index contributed by atoms with van der Waals surface area (Å²) >= 11 is 1.38. The number of hydrogen-bond donors (Lipinski definition) is 0. The smallest absolute Gasteiger partial charge is 0.258 e. The SMILES string of the molecule is Cc1csc(/C(C#N)=C/c2ccc(C)c([N+](=O)[O-])c2)n1. The number of nitriles is 1. The lowest BCUT2D eigenvalue weighted by Gasteiger charge is -1.99. The molecule has 5 nitrogen and oxygen atoms in total. The number of hydrogen-bond acceptors (Lipinski definition) is 5. The molecule has 0 atom stereocenters. The fourth-order valence-corrected chi connectivity index (χ4v) is 2.46. The highest BCUT2D eigenvalue weighted by Crippen LogP contribution is 2.24. The zero-order valence-electron chi connectivity index (χ0n) is 11.0. The van der Waals surface area contributed by atoms with Crippen LogP contribution in [0.3, 0.4) is 0 Å². The predicted molar refractivity (Wildman–Crippen MR) is 78.2 cm³/mol. The van der Waals surface area contributed by atoms with Crippen molar-refractivity contribution >= 4 is 28.7 Å². The third-order valence-corrected chi connectivity index (χ3v) is 3.70. The average molecular weight is 285 g/mol. The van der Waals surface area contributed by atoms with E-state index in [-0.39, 0.29) is 5.69 Å². The van der Waals surface area contributed by atoms with Crippen LogP contribution in [0.1, 0.15) is 21.8 Å². The molecule has 0 saturated heterocycles. The van der Waals surface area contributed by atoms with Gasteiger partial charge in [-0.15, -0.1) is 11.3 Å². The van der Waals surface area contributed by atoms with E-state index in [1.807, 2.05) is 12.3 Å². The zero-order chi connectivity index (χ0) is 14.7. The minimum Gasteiger partial charge on any atom is -0.258 e. The second-order valence-electron chi connectivity index (χ2n) is 4.27. The largest absolute Gasteiger partial charge is 0.272 e. The van der Waals surface area contributed by atoms with Gasteiger partial charge in [0.15, 0.2) is 0 Å². The minimum absolute atomic E-state index is 0.0476. The Hall–Kier alpha value is -2.52. The van der Waals surface area contributed by atoms with E-state index in [1.54, 1.807) is 25.1 Å². The van der Waals surface area contributed by atoms with E-state index in [1.165, 1.54) is 17.4 Å². The van der Waals surface area contributed by atoms with Crippen molar-refractivity contribution in [3.8, 4) is 6.07 Å². The molecular formula is C14H11N3O2S. The van der Waals surface area contributed by atoms with Gasteiger partial charge in [-0.25, -0.2) is 4.98 Å². The molecule has 20 heavy (non-hydrogen) atoms. The molecule has 0 N–H and O–H groups in total. The molecule has 0 radical (unpaired) electrons. The van der Waals surface area contributed by atoms with Gasteiger partial charge in [0.05, 0.1) is 10.5 Å². The van der Waals surface area contributed by atoms with E-state index >= 15 is 0 Å². The van der Waals surface area contributed by atoms with Gasteiger partial charge in [-0.3, -0.25) is 10.1 Å². The van der Waals surface area contributed by atoms with Crippen LogP contribution in [0.5, 0.6) is 0 Å². The first-order valence-electron chi connectivity index (χ1n) is 5.80. The normalized spacial score (nSPS) is 11.2. The van der Waals surface area contributed by atoms with Crippen molar-refractivity contribution in [3.63, 3.8) is 0 Å². The third-order valence-electron chi connectivity index (χ3n) is 2.71. The highest BCUT2D eigenvalue weighted by atomic mass is 32.1. The monoisotopic (exact) mass is 285 g/mol. The van der Waals surface area contributed by atoms with Gasteiger partial charge in [0.25, 0.3) is 5.69 Å². The van der Waals surface area contributed by atoms with Gasteiger partial charge >= 0.3 is 0 Å². The van der Waals surface area contributed by atoms with Gasteiger partial charge in [-0.05, 0) is 25.5 Å². The molecule has 1 aromatic heterocycles. The molecule has 2 rings (SSSR count). The number of rotatable bonds is 3. The average Bonchev–Trinajstić information content (AvgIpc) is 2.84. The maximum atomic E-state index is 10.9. The maximum absolute atomic E-state index is 10.9. The fourth-order valence-electron chi connectivity index (χ4n) is 1.70. The third kappa shape index (κ3) is 2.90. The Balaban J connectivity index is 2.46. The molecule has 0 amide bonds. The number of thiazole rings is 1. The van der Waals surface area contributed by atoms with Gasteiger partial charge in [-0.2, -0.15) is 5.26 Å². The first kappa shape index (κ1) is 13.9. The Morgan fingerprint density at radius 1 is 1.50 bits per heavy atom. The summed E-state index contributed by atoms with van der Waals surface area (Å²) in [5, 5.41) is 22.6. The van der Waals surface area contributed by atoms with Crippen LogP contribution in [0.25, 0.3) is 11.6 Å². The molecule has 0 aliphatic heterocycles. The molecule has 0 bridgehead atoms. The first-order chi connectivity index (χ1) is 9.51. The number of aromatic nitrogens is 1. The second kappa shape index (κ2) is 5.63. The predicted octanol–water partition coefficient (Wildman–Crippen LogP) is 3.73. The van der Waals surface area contributed by atoms with Crippen LogP contribution < -0.4 is 0 Å². The van der Waals surface area contributed by atoms with Gasteiger partial charge in [0.1, 0.15) is 11.1 Å². The van der Waals surface area contributed by atoms with Gasteiger partial charge in [0.2, 0.25) is 0 Å². The summed E-state index contributed by atoms with van der Waals surface area (Å²) in [4.78, 5) is 14.7. The Labute approximate surface area is 120 Å². The molecule has 2 aromatic rings. The first-order valence-corrected chi connectivity index (χ1v) is 6.68. The maximum Gasteiger partial charge on any atom is 0.272 e. The number of allylic oxidation sites excluding steroid dienone is 1. The fraction of sp³-hybridized carbons (Fsp3) is 0.143. The molecule has 0 saturated carbocycles. The summed E-state index contributed by atoms with van der Waals surface area (Å²) in [6.07, 6.45) is 1.62. The van der Waals surface area contributed by atoms with Crippen molar-refractivity contribution in [2.45, 2.75) is 13.8 Å².